The highest BCUT2D eigenvalue weighted by molar-refractivity contribution is 5.87. The number of hydrogen-bond donors (Lipinski definition) is 1. The van der Waals surface area contributed by atoms with Gasteiger partial charge in [0.1, 0.15) is 0 Å². The lowest BCUT2D eigenvalue weighted by molar-refractivity contribution is 0.304. The molecule has 2 aliphatic rings. The summed E-state index contributed by atoms with van der Waals surface area (Å²) in [5.41, 5.74) is 2.40. The molecule has 0 spiro atoms. The van der Waals surface area contributed by atoms with Gasteiger partial charge in [-0.1, -0.05) is 35.5 Å². The fourth-order valence-electron chi connectivity index (χ4n) is 3.46. The molecule has 1 aliphatic carbocycles. The van der Waals surface area contributed by atoms with Crippen LogP contribution in [-0.4, -0.2) is 28.9 Å². The molecule has 1 saturated heterocycles. The van der Waals surface area contributed by atoms with Crippen LogP contribution < -0.4 is 0 Å². The van der Waals surface area contributed by atoms with Crippen molar-refractivity contribution in [1.82, 2.24) is 4.90 Å². The monoisotopic (exact) mass is 244 g/mol. The third-order valence-electron chi connectivity index (χ3n) is 4.33. The Labute approximate surface area is 108 Å². The summed E-state index contributed by atoms with van der Waals surface area (Å²) < 4.78 is 0. The molecule has 96 valence electrons. The molecule has 2 fully saturated rings. The standard InChI is InChI=1S/C15H20N2O/c18-16-15-8-4-7-13-10-17(11-14(13)15)9-12-5-2-1-3-6-12/h1-3,5-6,13-14,18H,4,7-11H2/t13-,14-/m1/s1. The Morgan fingerprint density at radius 1 is 1.22 bits per heavy atom. The van der Waals surface area contributed by atoms with E-state index in [4.69, 9.17) is 5.21 Å². The molecule has 0 aromatic heterocycles. The van der Waals surface area contributed by atoms with Crippen molar-refractivity contribution in [3.8, 4) is 0 Å². The van der Waals surface area contributed by atoms with E-state index >= 15 is 0 Å². The molecule has 0 radical (unpaired) electrons. The van der Waals surface area contributed by atoms with Crippen molar-refractivity contribution in [3.63, 3.8) is 0 Å². The molecular weight excluding hydrogens is 224 g/mol. The maximum absolute atomic E-state index is 9.08. The summed E-state index contributed by atoms with van der Waals surface area (Å²) in [7, 11) is 0. The molecule has 1 saturated carbocycles. The van der Waals surface area contributed by atoms with Gasteiger partial charge < -0.3 is 5.21 Å². The summed E-state index contributed by atoms with van der Waals surface area (Å²) >= 11 is 0. The molecule has 3 nitrogen and oxygen atoms in total. The Morgan fingerprint density at radius 3 is 2.83 bits per heavy atom. The third kappa shape index (κ3) is 2.27. The highest BCUT2D eigenvalue weighted by Crippen LogP contribution is 2.35. The SMILES string of the molecule is ON=C1CCC[C@@H]2CN(Cc3ccccc3)C[C@@H]12. The largest absolute Gasteiger partial charge is 0.411 e. The van der Waals surface area contributed by atoms with Gasteiger partial charge in [0.25, 0.3) is 0 Å². The van der Waals surface area contributed by atoms with Crippen molar-refractivity contribution in [2.75, 3.05) is 13.1 Å². The van der Waals surface area contributed by atoms with Gasteiger partial charge in [0, 0.05) is 25.6 Å². The van der Waals surface area contributed by atoms with E-state index in [0.29, 0.717) is 11.8 Å². The summed E-state index contributed by atoms with van der Waals surface area (Å²) in [5.74, 6) is 1.20. The predicted octanol–water partition coefficient (Wildman–Crippen LogP) is 2.75. The van der Waals surface area contributed by atoms with E-state index in [9.17, 15) is 0 Å². The van der Waals surface area contributed by atoms with Crippen molar-refractivity contribution >= 4 is 5.71 Å². The van der Waals surface area contributed by atoms with Crippen LogP contribution in [0.25, 0.3) is 0 Å². The number of nitrogens with zero attached hydrogens (tertiary/aromatic N) is 2. The first-order valence-electron chi connectivity index (χ1n) is 6.84. The van der Waals surface area contributed by atoms with E-state index in [2.05, 4.69) is 40.4 Å². The van der Waals surface area contributed by atoms with Crippen molar-refractivity contribution in [2.45, 2.75) is 25.8 Å². The fourth-order valence-corrected chi connectivity index (χ4v) is 3.46. The summed E-state index contributed by atoms with van der Waals surface area (Å²) in [6, 6.07) is 10.6. The number of oxime groups is 1. The quantitative estimate of drug-likeness (QED) is 0.641. The van der Waals surface area contributed by atoms with E-state index in [1.165, 1.54) is 18.4 Å². The Kier molecular flexibility index (Phi) is 3.33. The minimum atomic E-state index is 0.493. The second-order valence-electron chi connectivity index (χ2n) is 5.53. The van der Waals surface area contributed by atoms with Crippen LogP contribution in [-0.2, 0) is 6.54 Å². The Balaban J connectivity index is 1.67. The smallest absolute Gasteiger partial charge is 0.0617 e. The zero-order valence-electron chi connectivity index (χ0n) is 10.6. The highest BCUT2D eigenvalue weighted by Gasteiger charge is 2.38. The van der Waals surface area contributed by atoms with Crippen molar-refractivity contribution in [1.29, 1.82) is 0 Å². The molecule has 3 rings (SSSR count). The lowest BCUT2D eigenvalue weighted by Crippen LogP contribution is -2.27. The molecule has 0 unspecified atom stereocenters. The average Bonchev–Trinajstić information content (AvgIpc) is 2.82. The summed E-state index contributed by atoms with van der Waals surface area (Å²) in [6.07, 6.45) is 3.45. The second-order valence-corrected chi connectivity index (χ2v) is 5.53. The molecule has 2 atom stereocenters. The molecule has 3 heteroatoms. The van der Waals surface area contributed by atoms with E-state index < -0.39 is 0 Å². The lowest BCUT2D eigenvalue weighted by Gasteiger charge is -2.24. The van der Waals surface area contributed by atoms with Gasteiger partial charge in [0.2, 0.25) is 0 Å². The van der Waals surface area contributed by atoms with Gasteiger partial charge >= 0.3 is 0 Å². The Bertz CT molecular complexity index is 429. The van der Waals surface area contributed by atoms with Crippen molar-refractivity contribution < 1.29 is 5.21 Å². The van der Waals surface area contributed by atoms with Crippen LogP contribution in [0.3, 0.4) is 0 Å². The Hall–Kier alpha value is -1.35. The zero-order valence-corrected chi connectivity index (χ0v) is 10.6. The fraction of sp³-hybridized carbons (Fsp3) is 0.533. The molecule has 18 heavy (non-hydrogen) atoms. The van der Waals surface area contributed by atoms with Crippen LogP contribution in [0.1, 0.15) is 24.8 Å². The summed E-state index contributed by atoms with van der Waals surface area (Å²) in [5, 5.41) is 12.6. The average molecular weight is 244 g/mol. The van der Waals surface area contributed by atoms with Crippen molar-refractivity contribution in [3.05, 3.63) is 35.9 Å². The minimum absolute atomic E-state index is 0.493. The topological polar surface area (TPSA) is 35.8 Å². The minimum Gasteiger partial charge on any atom is -0.411 e. The second kappa shape index (κ2) is 5.11. The molecular formula is C15H20N2O. The van der Waals surface area contributed by atoms with Crippen molar-refractivity contribution in [2.24, 2.45) is 17.0 Å². The number of likely N-dealkylation sites (tertiary alicyclic amines) is 1. The molecule has 0 bridgehead atoms. The normalized spacial score (nSPS) is 30.6. The van der Waals surface area contributed by atoms with Crippen LogP contribution in [0, 0.1) is 11.8 Å². The van der Waals surface area contributed by atoms with E-state index in [1.54, 1.807) is 0 Å². The first-order chi connectivity index (χ1) is 8.86. The molecule has 1 aliphatic heterocycles. The van der Waals surface area contributed by atoms with Gasteiger partial charge in [-0.15, -0.1) is 0 Å². The van der Waals surface area contributed by atoms with Crippen LogP contribution in [0.5, 0.6) is 0 Å². The van der Waals surface area contributed by atoms with Gasteiger partial charge in [0.05, 0.1) is 5.71 Å². The molecule has 0 amide bonds. The third-order valence-corrected chi connectivity index (χ3v) is 4.33. The van der Waals surface area contributed by atoms with Gasteiger partial charge in [-0.25, -0.2) is 0 Å². The van der Waals surface area contributed by atoms with E-state index in [-0.39, 0.29) is 0 Å². The first-order valence-corrected chi connectivity index (χ1v) is 6.84. The highest BCUT2D eigenvalue weighted by atomic mass is 16.4. The molecule has 1 aromatic carbocycles. The maximum atomic E-state index is 9.08. The van der Waals surface area contributed by atoms with Gasteiger partial charge in [-0.3, -0.25) is 4.90 Å². The molecule has 1 aromatic rings. The summed E-state index contributed by atoms with van der Waals surface area (Å²) in [6.45, 7) is 3.23. The molecule has 1 N–H and O–H groups in total. The van der Waals surface area contributed by atoms with Crippen LogP contribution in [0.2, 0.25) is 0 Å². The van der Waals surface area contributed by atoms with E-state index in [1.807, 2.05) is 0 Å². The number of fused-ring (bicyclic) bond motifs is 1. The number of rotatable bonds is 2. The molecule has 1 heterocycles. The van der Waals surface area contributed by atoms with Gasteiger partial charge in [0.15, 0.2) is 0 Å². The number of benzene rings is 1. The van der Waals surface area contributed by atoms with Crippen LogP contribution in [0.4, 0.5) is 0 Å². The lowest BCUT2D eigenvalue weighted by atomic mass is 9.80. The number of hydrogen-bond acceptors (Lipinski definition) is 3. The van der Waals surface area contributed by atoms with Gasteiger partial charge in [-0.05, 0) is 30.7 Å². The van der Waals surface area contributed by atoms with Crippen LogP contribution in [0.15, 0.2) is 35.5 Å². The maximum Gasteiger partial charge on any atom is 0.0617 e. The van der Waals surface area contributed by atoms with E-state index in [0.717, 1.165) is 31.8 Å². The predicted molar refractivity (Wildman–Crippen MR) is 71.8 cm³/mol. The van der Waals surface area contributed by atoms with Crippen LogP contribution >= 0.6 is 0 Å². The first kappa shape index (κ1) is 11.7. The summed E-state index contributed by atoms with van der Waals surface area (Å²) in [4.78, 5) is 2.50. The van der Waals surface area contributed by atoms with Gasteiger partial charge in [-0.2, -0.15) is 0 Å². The Morgan fingerprint density at radius 2 is 2.06 bits per heavy atom. The zero-order chi connectivity index (χ0) is 12.4.